The molecule has 1 fully saturated rings. The van der Waals surface area contributed by atoms with Crippen molar-refractivity contribution in [2.24, 2.45) is 0 Å². The molecule has 0 bridgehead atoms. The van der Waals surface area contributed by atoms with Gasteiger partial charge in [0.15, 0.2) is 6.29 Å². The molecule has 31 heavy (non-hydrogen) atoms. The average molecular weight is 452 g/mol. The van der Waals surface area contributed by atoms with Crippen molar-refractivity contribution in [3.63, 3.8) is 0 Å². The summed E-state index contributed by atoms with van der Waals surface area (Å²) in [5, 5.41) is 5.56. The second-order valence-electron chi connectivity index (χ2n) is 8.05. The lowest BCUT2D eigenvalue weighted by Gasteiger charge is -2.21. The molecule has 3 aromatic rings. The summed E-state index contributed by atoms with van der Waals surface area (Å²) in [6, 6.07) is 18.2. The number of halogens is 1. The SMILES string of the molecule is CC(C)c1ccccc1Nc1ccc(N2CC[C@H](Sc3ccc(Cl)cn3)C2)c(C=O)c1. The van der Waals surface area contributed by atoms with E-state index in [0.717, 1.165) is 47.9 Å². The molecule has 6 heteroatoms. The van der Waals surface area contributed by atoms with Gasteiger partial charge in [-0.2, -0.15) is 0 Å². The highest BCUT2D eigenvalue weighted by molar-refractivity contribution is 7.99. The van der Waals surface area contributed by atoms with E-state index in [2.05, 4.69) is 59.4 Å². The zero-order valence-electron chi connectivity index (χ0n) is 17.7. The van der Waals surface area contributed by atoms with Crippen LogP contribution in [0.15, 0.2) is 65.8 Å². The number of hydrogen-bond acceptors (Lipinski definition) is 5. The number of rotatable bonds is 7. The number of anilines is 3. The van der Waals surface area contributed by atoms with E-state index < -0.39 is 0 Å². The van der Waals surface area contributed by atoms with E-state index in [4.69, 9.17) is 11.6 Å². The molecule has 0 unspecified atom stereocenters. The molecular weight excluding hydrogens is 426 g/mol. The highest BCUT2D eigenvalue weighted by atomic mass is 35.5. The Labute approximate surface area is 193 Å². The first kappa shape index (κ1) is 21.7. The van der Waals surface area contributed by atoms with Crippen LogP contribution in [-0.2, 0) is 0 Å². The summed E-state index contributed by atoms with van der Waals surface area (Å²) in [5.74, 6) is 0.419. The molecule has 1 aliphatic rings. The van der Waals surface area contributed by atoms with E-state index in [-0.39, 0.29) is 0 Å². The second kappa shape index (κ2) is 9.75. The van der Waals surface area contributed by atoms with Crippen molar-refractivity contribution in [3.05, 3.63) is 76.9 Å². The second-order valence-corrected chi connectivity index (χ2v) is 9.80. The maximum absolute atomic E-state index is 11.9. The Morgan fingerprint density at radius 3 is 2.77 bits per heavy atom. The van der Waals surface area contributed by atoms with Crippen LogP contribution in [0.3, 0.4) is 0 Å². The third-order valence-corrected chi connectivity index (χ3v) is 6.91. The standard InChI is InChI=1S/C25H26ClN3OS/c1-17(2)22-5-3-4-6-23(22)28-20-8-9-24(18(13-20)16-30)29-12-11-21(15-29)31-25-10-7-19(26)14-27-25/h3-10,13-14,16-17,21,28H,11-12,15H2,1-2H3/t21-/m0/s1. The number of aromatic nitrogens is 1. The van der Waals surface area contributed by atoms with Gasteiger partial charge in [-0.1, -0.05) is 43.6 Å². The van der Waals surface area contributed by atoms with Crippen LogP contribution < -0.4 is 10.2 Å². The molecule has 2 heterocycles. The molecule has 0 aliphatic carbocycles. The Kier molecular flexibility index (Phi) is 6.83. The predicted molar refractivity (Wildman–Crippen MR) is 131 cm³/mol. The first-order valence-electron chi connectivity index (χ1n) is 10.5. The smallest absolute Gasteiger partial charge is 0.152 e. The van der Waals surface area contributed by atoms with Gasteiger partial charge in [-0.3, -0.25) is 4.79 Å². The van der Waals surface area contributed by atoms with E-state index >= 15 is 0 Å². The van der Waals surface area contributed by atoms with E-state index in [1.807, 2.05) is 24.3 Å². The highest BCUT2D eigenvalue weighted by Gasteiger charge is 2.25. The molecule has 2 aromatic carbocycles. The van der Waals surface area contributed by atoms with Crippen LogP contribution in [-0.4, -0.2) is 29.6 Å². The summed E-state index contributed by atoms with van der Waals surface area (Å²) in [7, 11) is 0. The van der Waals surface area contributed by atoms with Gasteiger partial charge in [-0.25, -0.2) is 4.98 Å². The van der Waals surface area contributed by atoms with Crippen molar-refractivity contribution in [3.8, 4) is 0 Å². The van der Waals surface area contributed by atoms with Crippen LogP contribution >= 0.6 is 23.4 Å². The molecule has 0 radical (unpaired) electrons. The first-order chi connectivity index (χ1) is 15.0. The lowest BCUT2D eigenvalue weighted by molar-refractivity contribution is 0.112. The lowest BCUT2D eigenvalue weighted by Crippen LogP contribution is -2.21. The molecular formula is C25H26ClN3OS. The van der Waals surface area contributed by atoms with Gasteiger partial charge in [-0.05, 0) is 54.3 Å². The van der Waals surface area contributed by atoms with Gasteiger partial charge in [0.05, 0.1) is 10.0 Å². The van der Waals surface area contributed by atoms with E-state index in [0.29, 0.717) is 21.8 Å². The normalized spacial score (nSPS) is 16.0. The molecule has 1 aliphatic heterocycles. The zero-order chi connectivity index (χ0) is 21.8. The molecule has 0 amide bonds. The van der Waals surface area contributed by atoms with Crippen molar-refractivity contribution in [1.29, 1.82) is 0 Å². The summed E-state index contributed by atoms with van der Waals surface area (Å²) in [6.07, 6.45) is 3.69. The van der Waals surface area contributed by atoms with Gasteiger partial charge < -0.3 is 10.2 Å². The van der Waals surface area contributed by atoms with E-state index in [9.17, 15) is 4.79 Å². The minimum absolute atomic E-state index is 0.419. The third-order valence-electron chi connectivity index (χ3n) is 5.49. The fourth-order valence-electron chi connectivity index (χ4n) is 3.93. The van der Waals surface area contributed by atoms with Crippen LogP contribution in [0.4, 0.5) is 17.1 Å². The molecule has 0 saturated carbocycles. The highest BCUT2D eigenvalue weighted by Crippen LogP contribution is 2.34. The number of benzene rings is 2. The summed E-state index contributed by atoms with van der Waals surface area (Å²) in [6.45, 7) is 6.18. The van der Waals surface area contributed by atoms with Gasteiger partial charge in [0.2, 0.25) is 0 Å². The maximum Gasteiger partial charge on any atom is 0.152 e. The fourth-order valence-corrected chi connectivity index (χ4v) is 5.12. The number of nitrogens with zero attached hydrogens (tertiary/aromatic N) is 2. The number of carbonyl (C=O) groups excluding carboxylic acids is 1. The van der Waals surface area contributed by atoms with Crippen LogP contribution in [0.5, 0.6) is 0 Å². The Morgan fingerprint density at radius 2 is 2.03 bits per heavy atom. The van der Waals surface area contributed by atoms with Gasteiger partial charge in [0, 0.05) is 47.2 Å². The molecule has 4 nitrogen and oxygen atoms in total. The topological polar surface area (TPSA) is 45.2 Å². The molecule has 1 N–H and O–H groups in total. The summed E-state index contributed by atoms with van der Waals surface area (Å²) in [5.41, 5.74) is 4.96. The van der Waals surface area contributed by atoms with Crippen molar-refractivity contribution >= 4 is 46.7 Å². The Balaban J connectivity index is 1.47. The van der Waals surface area contributed by atoms with Crippen molar-refractivity contribution in [2.75, 3.05) is 23.3 Å². The summed E-state index contributed by atoms with van der Waals surface area (Å²) < 4.78 is 0. The Morgan fingerprint density at radius 1 is 1.19 bits per heavy atom. The van der Waals surface area contributed by atoms with Crippen molar-refractivity contribution in [2.45, 2.75) is 36.5 Å². The predicted octanol–water partition coefficient (Wildman–Crippen LogP) is 6.79. The van der Waals surface area contributed by atoms with Crippen LogP contribution in [0.1, 0.15) is 42.1 Å². The number of thioether (sulfide) groups is 1. The Bertz CT molecular complexity index is 1050. The number of para-hydroxylation sites is 1. The number of carbonyl (C=O) groups is 1. The summed E-state index contributed by atoms with van der Waals surface area (Å²) in [4.78, 5) is 18.6. The minimum Gasteiger partial charge on any atom is -0.370 e. The summed E-state index contributed by atoms with van der Waals surface area (Å²) >= 11 is 7.70. The lowest BCUT2D eigenvalue weighted by atomic mass is 10.0. The molecule has 1 aromatic heterocycles. The van der Waals surface area contributed by atoms with Gasteiger partial charge in [0.1, 0.15) is 0 Å². The molecule has 1 saturated heterocycles. The van der Waals surface area contributed by atoms with Gasteiger partial charge in [0.25, 0.3) is 0 Å². The monoisotopic (exact) mass is 451 g/mol. The minimum atomic E-state index is 0.419. The number of hydrogen-bond donors (Lipinski definition) is 1. The van der Waals surface area contributed by atoms with Crippen LogP contribution in [0.25, 0.3) is 0 Å². The molecule has 1 atom stereocenters. The van der Waals surface area contributed by atoms with Crippen LogP contribution in [0.2, 0.25) is 5.02 Å². The van der Waals surface area contributed by atoms with E-state index in [1.165, 1.54) is 5.56 Å². The Hall–Kier alpha value is -2.50. The third kappa shape index (κ3) is 5.23. The fraction of sp³-hybridized carbons (Fsp3) is 0.280. The zero-order valence-corrected chi connectivity index (χ0v) is 19.3. The van der Waals surface area contributed by atoms with Gasteiger partial charge in [-0.15, -0.1) is 11.8 Å². The maximum atomic E-state index is 11.9. The largest absolute Gasteiger partial charge is 0.370 e. The number of pyridine rings is 1. The number of aldehydes is 1. The van der Waals surface area contributed by atoms with Crippen molar-refractivity contribution in [1.82, 2.24) is 4.98 Å². The first-order valence-corrected chi connectivity index (χ1v) is 11.8. The quantitative estimate of drug-likeness (QED) is 0.401. The molecule has 160 valence electrons. The molecule has 0 spiro atoms. The average Bonchev–Trinajstić information content (AvgIpc) is 3.23. The van der Waals surface area contributed by atoms with E-state index in [1.54, 1.807) is 18.0 Å². The number of nitrogens with one attached hydrogen (secondary N) is 1. The van der Waals surface area contributed by atoms with Crippen molar-refractivity contribution < 1.29 is 4.79 Å². The van der Waals surface area contributed by atoms with Crippen LogP contribution in [0, 0.1) is 0 Å². The van der Waals surface area contributed by atoms with Gasteiger partial charge >= 0.3 is 0 Å². The molecule has 4 rings (SSSR count).